The normalized spacial score (nSPS) is 10.3. The van der Waals surface area contributed by atoms with E-state index in [1.807, 2.05) is 31.2 Å². The number of alkyl halides is 1. The van der Waals surface area contributed by atoms with Crippen LogP contribution in [0.3, 0.4) is 0 Å². The molecule has 1 aromatic heterocycles. The number of benzene rings is 1. The smallest absolute Gasteiger partial charge is 0.253 e. The molecule has 1 N–H and O–H groups in total. The molecule has 2 aromatic rings. The lowest BCUT2D eigenvalue weighted by Crippen LogP contribution is -2.24. The number of aryl methyl sites for hydroxylation is 2. The van der Waals surface area contributed by atoms with Crippen LogP contribution in [0.5, 0.6) is 0 Å². The molecular formula is C15H16BrN3O. The second kappa shape index (κ2) is 6.61. The molecule has 0 saturated carbocycles. The summed E-state index contributed by atoms with van der Waals surface area (Å²) in [7, 11) is 0. The molecule has 20 heavy (non-hydrogen) atoms. The minimum Gasteiger partial charge on any atom is -0.348 e. The third-order valence-corrected chi connectivity index (χ3v) is 3.62. The molecule has 0 aliphatic heterocycles. The van der Waals surface area contributed by atoms with Crippen molar-refractivity contribution < 1.29 is 4.79 Å². The predicted molar refractivity (Wildman–Crippen MR) is 81.7 cm³/mol. The van der Waals surface area contributed by atoms with E-state index >= 15 is 0 Å². The van der Waals surface area contributed by atoms with Crippen molar-refractivity contribution in [3.8, 4) is 0 Å². The maximum absolute atomic E-state index is 12.1. The van der Waals surface area contributed by atoms with Gasteiger partial charge in [-0.25, -0.2) is 0 Å². The molecule has 0 aliphatic carbocycles. The zero-order chi connectivity index (χ0) is 14.5. The van der Waals surface area contributed by atoms with Crippen molar-refractivity contribution >= 4 is 21.8 Å². The van der Waals surface area contributed by atoms with Gasteiger partial charge in [0.05, 0.1) is 17.0 Å². The van der Waals surface area contributed by atoms with Gasteiger partial charge in [0.2, 0.25) is 0 Å². The zero-order valence-corrected chi connectivity index (χ0v) is 13.1. The van der Waals surface area contributed by atoms with E-state index in [0.717, 1.165) is 16.6 Å². The van der Waals surface area contributed by atoms with Crippen LogP contribution in [-0.2, 0) is 11.9 Å². The predicted octanol–water partition coefficient (Wildman–Crippen LogP) is 2.92. The summed E-state index contributed by atoms with van der Waals surface area (Å²) in [6.07, 6.45) is 0. The van der Waals surface area contributed by atoms with Crippen molar-refractivity contribution in [2.24, 2.45) is 0 Å². The summed E-state index contributed by atoms with van der Waals surface area (Å²) in [6, 6.07) is 9.87. The molecule has 0 bridgehead atoms. The van der Waals surface area contributed by atoms with Gasteiger partial charge in [0, 0.05) is 11.9 Å². The molecule has 2 rings (SSSR count). The maximum atomic E-state index is 12.1. The number of halogens is 1. The Kier molecular flexibility index (Phi) is 4.84. The van der Waals surface area contributed by atoms with Gasteiger partial charge < -0.3 is 5.32 Å². The first kappa shape index (κ1) is 14.7. The summed E-state index contributed by atoms with van der Waals surface area (Å²) < 4.78 is 0. The largest absolute Gasteiger partial charge is 0.348 e. The molecule has 104 valence electrons. The maximum Gasteiger partial charge on any atom is 0.253 e. The van der Waals surface area contributed by atoms with E-state index in [0.29, 0.717) is 17.8 Å². The Morgan fingerprint density at radius 2 is 1.80 bits per heavy atom. The van der Waals surface area contributed by atoms with Gasteiger partial charge >= 0.3 is 0 Å². The number of nitrogens with zero attached hydrogens (tertiary/aromatic N) is 2. The molecule has 1 aromatic carbocycles. The second-order valence-corrected chi connectivity index (χ2v) is 5.18. The second-order valence-electron chi connectivity index (χ2n) is 4.62. The van der Waals surface area contributed by atoms with Gasteiger partial charge in [0.1, 0.15) is 0 Å². The number of carbonyl (C=O) groups is 1. The highest BCUT2D eigenvalue weighted by Gasteiger charge is 2.10. The average Bonchev–Trinajstić information content (AvgIpc) is 2.47. The molecule has 0 unspecified atom stereocenters. The minimum absolute atomic E-state index is 0.120. The topological polar surface area (TPSA) is 54.9 Å². The number of hydrogen-bond acceptors (Lipinski definition) is 3. The average molecular weight is 334 g/mol. The number of rotatable bonds is 4. The molecule has 1 heterocycles. The Morgan fingerprint density at radius 3 is 2.45 bits per heavy atom. The number of amides is 1. The summed E-state index contributed by atoms with van der Waals surface area (Å²) in [6.45, 7) is 4.11. The van der Waals surface area contributed by atoms with Crippen molar-refractivity contribution in [1.29, 1.82) is 0 Å². The standard InChI is InChI=1S/C15H16BrN3O/c1-10-7-14(11(2)19-18-10)15(20)17-9-13-5-3-12(8-16)4-6-13/h3-7H,8-9H2,1-2H3,(H,17,20). The first-order valence-electron chi connectivity index (χ1n) is 6.33. The minimum atomic E-state index is -0.120. The van der Waals surface area contributed by atoms with Crippen LogP contribution in [0.15, 0.2) is 30.3 Å². The van der Waals surface area contributed by atoms with E-state index in [1.165, 1.54) is 5.56 Å². The van der Waals surface area contributed by atoms with E-state index in [2.05, 4.69) is 31.4 Å². The van der Waals surface area contributed by atoms with E-state index in [4.69, 9.17) is 0 Å². The molecule has 5 heteroatoms. The summed E-state index contributed by atoms with van der Waals surface area (Å²) in [4.78, 5) is 12.1. The highest BCUT2D eigenvalue weighted by atomic mass is 79.9. The Morgan fingerprint density at radius 1 is 1.15 bits per heavy atom. The zero-order valence-electron chi connectivity index (χ0n) is 11.5. The van der Waals surface area contributed by atoms with Crippen LogP contribution in [0.1, 0.15) is 32.9 Å². The number of carbonyl (C=O) groups excluding carboxylic acids is 1. The van der Waals surface area contributed by atoms with Crippen molar-refractivity contribution in [3.05, 3.63) is 58.4 Å². The van der Waals surface area contributed by atoms with Gasteiger partial charge in [0.25, 0.3) is 5.91 Å². The first-order chi connectivity index (χ1) is 9.60. The molecule has 0 aliphatic rings. The van der Waals surface area contributed by atoms with Gasteiger partial charge in [-0.05, 0) is 31.0 Å². The SMILES string of the molecule is Cc1cc(C(=O)NCc2ccc(CBr)cc2)c(C)nn1. The van der Waals surface area contributed by atoms with E-state index < -0.39 is 0 Å². The fraction of sp³-hybridized carbons (Fsp3) is 0.267. The third-order valence-electron chi connectivity index (χ3n) is 2.98. The Bertz CT molecular complexity index is 611. The monoisotopic (exact) mass is 333 g/mol. The van der Waals surface area contributed by atoms with Gasteiger partial charge in [-0.1, -0.05) is 40.2 Å². The summed E-state index contributed by atoms with van der Waals surface area (Å²) in [5.41, 5.74) is 4.24. The Balaban J connectivity index is 2.02. The van der Waals surface area contributed by atoms with Crippen LogP contribution in [0.25, 0.3) is 0 Å². The molecule has 0 atom stereocenters. The van der Waals surface area contributed by atoms with E-state index in [9.17, 15) is 4.79 Å². The van der Waals surface area contributed by atoms with Gasteiger partial charge in [-0.2, -0.15) is 10.2 Å². The van der Waals surface area contributed by atoms with Crippen molar-refractivity contribution in [1.82, 2.24) is 15.5 Å². The quantitative estimate of drug-likeness (QED) is 0.875. The lowest BCUT2D eigenvalue weighted by molar-refractivity contribution is 0.0949. The molecule has 0 saturated heterocycles. The van der Waals surface area contributed by atoms with Gasteiger partial charge in [-0.15, -0.1) is 0 Å². The molecule has 0 fully saturated rings. The molecular weight excluding hydrogens is 318 g/mol. The van der Waals surface area contributed by atoms with Crippen molar-refractivity contribution in [3.63, 3.8) is 0 Å². The van der Waals surface area contributed by atoms with Crippen LogP contribution in [-0.4, -0.2) is 16.1 Å². The van der Waals surface area contributed by atoms with E-state index in [-0.39, 0.29) is 5.91 Å². The molecule has 0 spiro atoms. The fourth-order valence-corrected chi connectivity index (χ4v) is 2.18. The highest BCUT2D eigenvalue weighted by molar-refractivity contribution is 9.08. The number of nitrogens with one attached hydrogen (secondary N) is 1. The van der Waals surface area contributed by atoms with E-state index in [1.54, 1.807) is 13.0 Å². The molecule has 1 amide bonds. The third kappa shape index (κ3) is 3.63. The molecule has 0 radical (unpaired) electrons. The lowest BCUT2D eigenvalue weighted by Gasteiger charge is -2.08. The van der Waals surface area contributed by atoms with Crippen LogP contribution in [0, 0.1) is 13.8 Å². The summed E-state index contributed by atoms with van der Waals surface area (Å²) in [5, 5.41) is 11.6. The van der Waals surface area contributed by atoms with Gasteiger partial charge in [-0.3, -0.25) is 4.79 Å². The first-order valence-corrected chi connectivity index (χ1v) is 7.45. The molecule has 4 nitrogen and oxygen atoms in total. The summed E-state index contributed by atoms with van der Waals surface area (Å²) >= 11 is 3.41. The highest BCUT2D eigenvalue weighted by Crippen LogP contribution is 2.09. The lowest BCUT2D eigenvalue weighted by atomic mass is 10.1. The Labute approximate surface area is 126 Å². The van der Waals surface area contributed by atoms with Crippen molar-refractivity contribution in [2.75, 3.05) is 0 Å². The van der Waals surface area contributed by atoms with Crippen LogP contribution < -0.4 is 5.32 Å². The van der Waals surface area contributed by atoms with Gasteiger partial charge in [0.15, 0.2) is 0 Å². The number of aromatic nitrogens is 2. The summed E-state index contributed by atoms with van der Waals surface area (Å²) in [5.74, 6) is -0.120. The number of hydrogen-bond donors (Lipinski definition) is 1. The fourth-order valence-electron chi connectivity index (χ4n) is 1.80. The van der Waals surface area contributed by atoms with Crippen LogP contribution >= 0.6 is 15.9 Å². The van der Waals surface area contributed by atoms with Crippen molar-refractivity contribution in [2.45, 2.75) is 25.7 Å². The van der Waals surface area contributed by atoms with Crippen LogP contribution in [0.2, 0.25) is 0 Å². The van der Waals surface area contributed by atoms with Crippen LogP contribution in [0.4, 0.5) is 0 Å². The Hall–Kier alpha value is -1.75.